The molecule has 0 bridgehead atoms. The maximum absolute atomic E-state index is 6.11. The van der Waals surface area contributed by atoms with E-state index < -0.39 is 0 Å². The van der Waals surface area contributed by atoms with Crippen molar-refractivity contribution in [3.05, 3.63) is 29.8 Å². The van der Waals surface area contributed by atoms with E-state index >= 15 is 0 Å². The molecule has 1 aliphatic rings. The van der Waals surface area contributed by atoms with Crippen LogP contribution in [0, 0.1) is 5.92 Å². The van der Waals surface area contributed by atoms with Crippen LogP contribution in [0.15, 0.2) is 24.3 Å². The van der Waals surface area contributed by atoms with E-state index in [4.69, 9.17) is 5.73 Å². The molecule has 0 spiro atoms. The number of para-hydroxylation sites is 1. The highest BCUT2D eigenvalue weighted by Gasteiger charge is 2.19. The maximum atomic E-state index is 6.11. The van der Waals surface area contributed by atoms with Crippen LogP contribution >= 0.6 is 0 Å². The van der Waals surface area contributed by atoms with Crippen LogP contribution < -0.4 is 10.6 Å². The number of hydrogen-bond acceptors (Lipinski definition) is 2. The van der Waals surface area contributed by atoms with Crippen LogP contribution in [0.1, 0.15) is 38.7 Å². The van der Waals surface area contributed by atoms with Crippen molar-refractivity contribution in [3.63, 3.8) is 0 Å². The van der Waals surface area contributed by atoms with E-state index in [9.17, 15) is 0 Å². The lowest BCUT2D eigenvalue weighted by atomic mass is 9.97. The SMILES string of the molecule is CCC(N)Cc1ccccc1N1CCCC(C)C1. The molecule has 1 aromatic rings. The normalized spacial score (nSPS) is 21.9. The van der Waals surface area contributed by atoms with Crippen molar-refractivity contribution in [2.75, 3.05) is 18.0 Å². The van der Waals surface area contributed by atoms with Gasteiger partial charge in [0.1, 0.15) is 0 Å². The summed E-state index contributed by atoms with van der Waals surface area (Å²) in [6.07, 6.45) is 4.73. The van der Waals surface area contributed by atoms with E-state index in [1.807, 2.05) is 0 Å². The number of rotatable bonds is 4. The Hall–Kier alpha value is -1.02. The van der Waals surface area contributed by atoms with Crippen LogP contribution in [-0.4, -0.2) is 19.1 Å². The predicted octanol–water partition coefficient (Wildman–Crippen LogP) is 3.20. The van der Waals surface area contributed by atoms with Gasteiger partial charge in [-0.3, -0.25) is 0 Å². The minimum absolute atomic E-state index is 0.286. The largest absolute Gasteiger partial charge is 0.371 e. The fourth-order valence-corrected chi connectivity index (χ4v) is 2.83. The molecule has 2 heteroatoms. The quantitative estimate of drug-likeness (QED) is 0.884. The molecule has 0 saturated carbocycles. The van der Waals surface area contributed by atoms with Crippen molar-refractivity contribution in [3.8, 4) is 0 Å². The molecule has 0 radical (unpaired) electrons. The first-order chi connectivity index (χ1) is 8.70. The van der Waals surface area contributed by atoms with Crippen LogP contribution in [-0.2, 0) is 6.42 Å². The van der Waals surface area contributed by atoms with Gasteiger partial charge in [-0.2, -0.15) is 0 Å². The molecule has 1 saturated heterocycles. The van der Waals surface area contributed by atoms with Gasteiger partial charge in [-0.05, 0) is 43.2 Å². The van der Waals surface area contributed by atoms with E-state index in [1.54, 1.807) is 0 Å². The van der Waals surface area contributed by atoms with Gasteiger partial charge >= 0.3 is 0 Å². The van der Waals surface area contributed by atoms with Gasteiger partial charge in [0.2, 0.25) is 0 Å². The molecule has 2 unspecified atom stereocenters. The first kappa shape index (κ1) is 13.4. The average Bonchev–Trinajstić information content (AvgIpc) is 2.39. The average molecular weight is 246 g/mol. The highest BCUT2D eigenvalue weighted by molar-refractivity contribution is 5.54. The van der Waals surface area contributed by atoms with E-state index in [2.05, 4.69) is 43.0 Å². The van der Waals surface area contributed by atoms with Gasteiger partial charge in [-0.25, -0.2) is 0 Å². The Bertz CT molecular complexity index is 375. The molecule has 0 amide bonds. The number of nitrogens with two attached hydrogens (primary N) is 1. The minimum atomic E-state index is 0.286. The van der Waals surface area contributed by atoms with Crippen LogP contribution in [0.5, 0.6) is 0 Å². The lowest BCUT2D eigenvalue weighted by Crippen LogP contribution is -2.35. The van der Waals surface area contributed by atoms with E-state index in [-0.39, 0.29) is 6.04 Å². The second-order valence-electron chi connectivity index (χ2n) is 5.69. The molecule has 0 aromatic heterocycles. The van der Waals surface area contributed by atoms with Crippen LogP contribution in [0.25, 0.3) is 0 Å². The Morgan fingerprint density at radius 3 is 2.89 bits per heavy atom. The zero-order chi connectivity index (χ0) is 13.0. The van der Waals surface area contributed by atoms with Crippen LogP contribution in [0.4, 0.5) is 5.69 Å². The second kappa shape index (κ2) is 6.24. The van der Waals surface area contributed by atoms with Gasteiger partial charge < -0.3 is 10.6 Å². The summed E-state index contributed by atoms with van der Waals surface area (Å²) in [4.78, 5) is 2.55. The summed E-state index contributed by atoms with van der Waals surface area (Å²) in [5.74, 6) is 0.812. The number of anilines is 1. The smallest absolute Gasteiger partial charge is 0.0399 e. The number of nitrogens with zero attached hydrogens (tertiary/aromatic N) is 1. The highest BCUT2D eigenvalue weighted by atomic mass is 15.1. The molecule has 18 heavy (non-hydrogen) atoms. The molecule has 1 heterocycles. The summed E-state index contributed by atoms with van der Waals surface area (Å²) in [7, 11) is 0. The van der Waals surface area contributed by atoms with E-state index in [0.29, 0.717) is 0 Å². The standard InChI is InChI=1S/C16H26N2/c1-3-15(17)11-14-8-4-5-9-16(14)18-10-6-7-13(2)12-18/h4-5,8-9,13,15H,3,6-7,10-12,17H2,1-2H3. The Kier molecular flexibility index (Phi) is 4.65. The van der Waals surface area contributed by atoms with Crippen LogP contribution in [0.3, 0.4) is 0 Å². The van der Waals surface area contributed by atoms with Crippen molar-refractivity contribution in [2.45, 2.75) is 45.6 Å². The maximum Gasteiger partial charge on any atom is 0.0399 e. The van der Waals surface area contributed by atoms with Gasteiger partial charge in [0.15, 0.2) is 0 Å². The van der Waals surface area contributed by atoms with Gasteiger partial charge in [-0.1, -0.05) is 32.0 Å². The summed E-state index contributed by atoms with van der Waals surface area (Å²) in [6.45, 7) is 6.91. The third-order valence-corrected chi connectivity index (χ3v) is 4.00. The summed E-state index contributed by atoms with van der Waals surface area (Å²) in [6, 6.07) is 9.07. The van der Waals surface area contributed by atoms with Gasteiger partial charge in [0, 0.05) is 24.8 Å². The predicted molar refractivity (Wildman–Crippen MR) is 79.0 cm³/mol. The number of hydrogen-bond donors (Lipinski definition) is 1. The van der Waals surface area contributed by atoms with Crippen molar-refractivity contribution in [1.82, 2.24) is 0 Å². The molecule has 100 valence electrons. The summed E-state index contributed by atoms with van der Waals surface area (Å²) < 4.78 is 0. The monoisotopic (exact) mass is 246 g/mol. The van der Waals surface area contributed by atoms with Crippen molar-refractivity contribution in [1.29, 1.82) is 0 Å². The van der Waals surface area contributed by atoms with Crippen LogP contribution in [0.2, 0.25) is 0 Å². The molecule has 0 aliphatic carbocycles. The molecule has 2 atom stereocenters. The Labute approximate surface area is 111 Å². The molecule has 2 rings (SSSR count). The highest BCUT2D eigenvalue weighted by Crippen LogP contribution is 2.27. The Morgan fingerprint density at radius 1 is 1.39 bits per heavy atom. The third kappa shape index (κ3) is 3.26. The van der Waals surface area contributed by atoms with Crippen molar-refractivity contribution in [2.24, 2.45) is 11.7 Å². The molecule has 1 aromatic carbocycles. The number of benzene rings is 1. The minimum Gasteiger partial charge on any atom is -0.371 e. The van der Waals surface area contributed by atoms with E-state index in [0.717, 1.165) is 18.8 Å². The summed E-state index contributed by atoms with van der Waals surface area (Å²) >= 11 is 0. The second-order valence-corrected chi connectivity index (χ2v) is 5.69. The Morgan fingerprint density at radius 2 is 2.17 bits per heavy atom. The number of piperidine rings is 1. The molecular weight excluding hydrogens is 220 g/mol. The molecule has 1 fully saturated rings. The first-order valence-corrected chi connectivity index (χ1v) is 7.29. The first-order valence-electron chi connectivity index (χ1n) is 7.29. The van der Waals surface area contributed by atoms with Gasteiger partial charge in [0.25, 0.3) is 0 Å². The van der Waals surface area contributed by atoms with Gasteiger partial charge in [-0.15, -0.1) is 0 Å². The molecular formula is C16H26N2. The molecule has 2 N–H and O–H groups in total. The fraction of sp³-hybridized carbons (Fsp3) is 0.625. The fourth-order valence-electron chi connectivity index (χ4n) is 2.83. The zero-order valence-corrected chi connectivity index (χ0v) is 11.7. The topological polar surface area (TPSA) is 29.3 Å². The van der Waals surface area contributed by atoms with Crippen molar-refractivity contribution >= 4 is 5.69 Å². The Balaban J connectivity index is 2.15. The van der Waals surface area contributed by atoms with E-state index in [1.165, 1.54) is 37.2 Å². The third-order valence-electron chi connectivity index (χ3n) is 4.00. The summed E-state index contributed by atoms with van der Waals surface area (Å²) in [5.41, 5.74) is 8.94. The lowest BCUT2D eigenvalue weighted by Gasteiger charge is -2.34. The lowest BCUT2D eigenvalue weighted by molar-refractivity contribution is 0.446. The zero-order valence-electron chi connectivity index (χ0n) is 11.7. The van der Waals surface area contributed by atoms with Crippen molar-refractivity contribution < 1.29 is 0 Å². The van der Waals surface area contributed by atoms with Gasteiger partial charge in [0.05, 0.1) is 0 Å². The molecule has 1 aliphatic heterocycles. The molecule has 2 nitrogen and oxygen atoms in total. The summed E-state index contributed by atoms with van der Waals surface area (Å²) in [5, 5.41) is 0.